The second-order valence-corrected chi connectivity index (χ2v) is 4.95. The second kappa shape index (κ2) is 3.20. The molecular weight excluding hydrogens is 180 g/mol. The van der Waals surface area contributed by atoms with Crippen molar-refractivity contribution in [1.82, 2.24) is 0 Å². The minimum absolute atomic E-state index is 0.866. The van der Waals surface area contributed by atoms with Gasteiger partial charge < -0.3 is 4.55 Å². The van der Waals surface area contributed by atoms with Gasteiger partial charge in [-0.1, -0.05) is 18.2 Å². The maximum atomic E-state index is 11.9. The van der Waals surface area contributed by atoms with Crippen molar-refractivity contribution in [2.75, 3.05) is 0 Å². The van der Waals surface area contributed by atoms with Crippen LogP contribution in [0.4, 0.5) is 0 Å². The van der Waals surface area contributed by atoms with Crippen LogP contribution in [0.1, 0.15) is 19.4 Å². The highest BCUT2D eigenvalue weighted by molar-refractivity contribution is 7.95. The molecule has 0 fully saturated rings. The summed E-state index contributed by atoms with van der Waals surface area (Å²) in [5.41, 5.74) is 2.41. The highest BCUT2D eigenvalue weighted by Crippen LogP contribution is 2.35. The predicted octanol–water partition coefficient (Wildman–Crippen LogP) is 2.64. The monoisotopic (exact) mass is 192 g/mol. The van der Waals surface area contributed by atoms with Gasteiger partial charge in [-0.2, -0.15) is 0 Å². The second-order valence-electron chi connectivity index (χ2n) is 3.48. The van der Waals surface area contributed by atoms with Crippen molar-refractivity contribution in [2.24, 2.45) is 0 Å². The SMILES string of the molecule is CC(C)=C1Cc2ccccc2[S+]1[O-]. The lowest BCUT2D eigenvalue weighted by Gasteiger charge is -2.05. The van der Waals surface area contributed by atoms with E-state index < -0.39 is 11.2 Å². The van der Waals surface area contributed by atoms with Crippen LogP contribution < -0.4 is 0 Å². The third-order valence-corrected chi connectivity index (χ3v) is 4.10. The average Bonchev–Trinajstić information content (AvgIpc) is 2.45. The fraction of sp³-hybridized carbons (Fsp3) is 0.273. The van der Waals surface area contributed by atoms with Crippen molar-refractivity contribution < 1.29 is 4.55 Å². The number of fused-ring (bicyclic) bond motifs is 1. The molecule has 0 saturated carbocycles. The molecule has 0 amide bonds. The number of allylic oxidation sites excluding steroid dienone is 2. The van der Waals surface area contributed by atoms with Gasteiger partial charge in [-0.15, -0.1) is 0 Å². The van der Waals surface area contributed by atoms with Gasteiger partial charge in [-0.25, -0.2) is 0 Å². The zero-order valence-electron chi connectivity index (χ0n) is 7.83. The highest BCUT2D eigenvalue weighted by atomic mass is 32.2. The molecule has 1 nitrogen and oxygen atoms in total. The molecule has 1 heterocycles. The summed E-state index contributed by atoms with van der Waals surface area (Å²) in [4.78, 5) is 2.08. The van der Waals surface area contributed by atoms with E-state index in [0.29, 0.717) is 0 Å². The Morgan fingerprint density at radius 2 is 2.00 bits per heavy atom. The summed E-state index contributed by atoms with van der Waals surface area (Å²) in [6.07, 6.45) is 0.866. The molecule has 0 bridgehead atoms. The molecule has 0 spiro atoms. The maximum absolute atomic E-state index is 11.9. The predicted molar refractivity (Wildman–Crippen MR) is 54.9 cm³/mol. The third kappa shape index (κ3) is 1.40. The van der Waals surface area contributed by atoms with Crippen LogP contribution in [0, 0.1) is 0 Å². The number of hydrogen-bond donors (Lipinski definition) is 0. The third-order valence-electron chi connectivity index (χ3n) is 2.30. The van der Waals surface area contributed by atoms with E-state index in [9.17, 15) is 4.55 Å². The Labute approximate surface area is 81.7 Å². The molecule has 1 unspecified atom stereocenters. The molecule has 0 aliphatic carbocycles. The topological polar surface area (TPSA) is 23.1 Å². The minimum atomic E-state index is -0.886. The van der Waals surface area contributed by atoms with Crippen molar-refractivity contribution in [3.63, 3.8) is 0 Å². The molecule has 0 N–H and O–H groups in total. The first-order valence-electron chi connectivity index (χ1n) is 4.36. The van der Waals surface area contributed by atoms with Gasteiger partial charge >= 0.3 is 0 Å². The van der Waals surface area contributed by atoms with E-state index in [1.54, 1.807) is 0 Å². The summed E-state index contributed by atoms with van der Waals surface area (Å²) in [6.45, 7) is 4.05. The smallest absolute Gasteiger partial charge is 0.161 e. The first kappa shape index (κ1) is 8.85. The Morgan fingerprint density at radius 3 is 2.62 bits per heavy atom. The molecule has 1 aromatic carbocycles. The summed E-state index contributed by atoms with van der Waals surface area (Å²) in [5.74, 6) is 0. The molecule has 2 rings (SSSR count). The van der Waals surface area contributed by atoms with Crippen LogP contribution in [-0.2, 0) is 17.6 Å². The summed E-state index contributed by atoms with van der Waals surface area (Å²) in [5, 5.41) is 0. The zero-order chi connectivity index (χ0) is 9.42. The van der Waals surface area contributed by atoms with Gasteiger partial charge in [0.1, 0.15) is 4.91 Å². The standard InChI is InChI=1S/C11H12OS/c1-8(2)11-7-9-5-3-4-6-10(9)13(11)12/h3-6H,7H2,1-2H3. The van der Waals surface area contributed by atoms with Crippen LogP contribution in [0.5, 0.6) is 0 Å². The van der Waals surface area contributed by atoms with Crippen LogP contribution in [0.3, 0.4) is 0 Å². The van der Waals surface area contributed by atoms with Crippen molar-refractivity contribution in [3.8, 4) is 0 Å². The van der Waals surface area contributed by atoms with Crippen molar-refractivity contribution in [2.45, 2.75) is 25.2 Å². The summed E-state index contributed by atoms with van der Waals surface area (Å²) >= 11 is -0.886. The minimum Gasteiger partial charge on any atom is -0.607 e. The van der Waals surface area contributed by atoms with Crippen LogP contribution in [-0.4, -0.2) is 4.55 Å². The Bertz CT molecular complexity index is 364. The number of hydrogen-bond acceptors (Lipinski definition) is 1. The van der Waals surface area contributed by atoms with Gasteiger partial charge in [-0.05, 0) is 25.5 Å². The molecule has 1 aliphatic rings. The number of rotatable bonds is 0. The van der Waals surface area contributed by atoms with Gasteiger partial charge in [-0.3, -0.25) is 0 Å². The lowest BCUT2D eigenvalue weighted by atomic mass is 10.1. The Kier molecular flexibility index (Phi) is 2.18. The van der Waals surface area contributed by atoms with Gasteiger partial charge in [0.15, 0.2) is 4.90 Å². The van der Waals surface area contributed by atoms with Gasteiger partial charge in [0.25, 0.3) is 0 Å². The normalized spacial score (nSPS) is 20.2. The largest absolute Gasteiger partial charge is 0.607 e. The van der Waals surface area contributed by atoms with Crippen LogP contribution in [0.15, 0.2) is 39.6 Å². The molecule has 1 aromatic rings. The van der Waals surface area contributed by atoms with E-state index in [-0.39, 0.29) is 0 Å². The fourth-order valence-corrected chi connectivity index (χ4v) is 3.07. The van der Waals surface area contributed by atoms with E-state index in [1.165, 1.54) is 11.1 Å². The summed E-state index contributed by atoms with van der Waals surface area (Å²) in [6, 6.07) is 7.97. The molecule has 1 atom stereocenters. The molecule has 1 aliphatic heterocycles. The lowest BCUT2D eigenvalue weighted by Crippen LogP contribution is -1.99. The van der Waals surface area contributed by atoms with E-state index in [4.69, 9.17) is 0 Å². The number of benzene rings is 1. The average molecular weight is 192 g/mol. The maximum Gasteiger partial charge on any atom is 0.161 e. The van der Waals surface area contributed by atoms with Crippen LogP contribution >= 0.6 is 0 Å². The molecule has 68 valence electrons. The Hall–Kier alpha value is -0.730. The van der Waals surface area contributed by atoms with E-state index in [0.717, 1.165) is 16.2 Å². The Morgan fingerprint density at radius 1 is 1.31 bits per heavy atom. The molecule has 2 heteroatoms. The molecule has 0 aromatic heterocycles. The molecule has 13 heavy (non-hydrogen) atoms. The molecule has 0 saturated heterocycles. The zero-order valence-corrected chi connectivity index (χ0v) is 8.65. The first-order chi connectivity index (χ1) is 6.20. The first-order valence-corrected chi connectivity index (χ1v) is 5.51. The summed E-state index contributed by atoms with van der Waals surface area (Å²) in [7, 11) is 0. The van der Waals surface area contributed by atoms with Gasteiger partial charge in [0.05, 0.1) is 0 Å². The van der Waals surface area contributed by atoms with Gasteiger partial charge in [0, 0.05) is 23.2 Å². The summed E-state index contributed by atoms with van der Waals surface area (Å²) < 4.78 is 11.9. The molecular formula is C11H12OS. The Balaban J connectivity index is 2.50. The van der Waals surface area contributed by atoms with Crippen molar-refractivity contribution in [3.05, 3.63) is 40.3 Å². The van der Waals surface area contributed by atoms with E-state index in [1.807, 2.05) is 32.0 Å². The van der Waals surface area contributed by atoms with Crippen LogP contribution in [0.25, 0.3) is 0 Å². The quantitative estimate of drug-likeness (QED) is 0.579. The van der Waals surface area contributed by atoms with E-state index in [2.05, 4.69) is 6.07 Å². The lowest BCUT2D eigenvalue weighted by molar-refractivity contribution is 0.602. The van der Waals surface area contributed by atoms with Crippen molar-refractivity contribution in [1.29, 1.82) is 0 Å². The fourth-order valence-electron chi connectivity index (χ4n) is 1.56. The van der Waals surface area contributed by atoms with Gasteiger partial charge in [0.2, 0.25) is 0 Å². The van der Waals surface area contributed by atoms with E-state index >= 15 is 0 Å². The van der Waals surface area contributed by atoms with Crippen molar-refractivity contribution >= 4 is 11.2 Å². The highest BCUT2D eigenvalue weighted by Gasteiger charge is 2.30. The van der Waals surface area contributed by atoms with Crippen LogP contribution in [0.2, 0.25) is 0 Å². The molecule has 0 radical (unpaired) electrons.